The molecule has 2 bridgehead atoms. The van der Waals surface area contributed by atoms with Crippen molar-refractivity contribution in [1.82, 2.24) is 0 Å². The molecule has 0 unspecified atom stereocenters. The summed E-state index contributed by atoms with van der Waals surface area (Å²) >= 11 is 0. The topological polar surface area (TPSA) is 95.3 Å². The summed E-state index contributed by atoms with van der Waals surface area (Å²) in [4.78, 5) is 28.7. The first-order chi connectivity index (χ1) is 19.5. The predicted octanol–water partition coefficient (Wildman–Crippen LogP) is 6.75. The highest BCUT2D eigenvalue weighted by Gasteiger charge is 2.65. The highest BCUT2D eigenvalue weighted by Crippen LogP contribution is 2.68. The van der Waals surface area contributed by atoms with Crippen LogP contribution in [0.15, 0.2) is 65.6 Å². The molecular weight excluding hydrogens is 532 g/mol. The summed E-state index contributed by atoms with van der Waals surface area (Å²) in [5.41, 5.74) is 1.95. The number of hydrogen-bond donors (Lipinski definition) is 0. The fourth-order valence-corrected chi connectivity index (χ4v) is 8.09. The van der Waals surface area contributed by atoms with Crippen LogP contribution in [0.4, 0.5) is 5.69 Å². The molecule has 6 nitrogen and oxygen atoms in total. The van der Waals surface area contributed by atoms with Crippen LogP contribution in [0.3, 0.4) is 0 Å². The highest BCUT2D eigenvalue weighted by atomic mass is 32.2. The third-order valence-corrected chi connectivity index (χ3v) is 10.5. The maximum atomic E-state index is 14.1. The van der Waals surface area contributed by atoms with E-state index in [1.54, 1.807) is 30.1 Å². The van der Waals surface area contributed by atoms with Crippen molar-refractivity contribution in [2.24, 2.45) is 22.7 Å². The third kappa shape index (κ3) is 5.55. The van der Waals surface area contributed by atoms with Gasteiger partial charge in [-0.1, -0.05) is 57.2 Å². The predicted molar refractivity (Wildman–Crippen MR) is 163 cm³/mol. The second-order valence-corrected chi connectivity index (χ2v) is 13.8. The van der Waals surface area contributed by atoms with Gasteiger partial charge in [-0.25, -0.2) is 8.42 Å². The molecule has 0 heterocycles. The van der Waals surface area contributed by atoms with Crippen LogP contribution in [0.1, 0.15) is 64.0 Å². The van der Waals surface area contributed by atoms with Gasteiger partial charge in [0, 0.05) is 30.0 Å². The Kier molecular flexibility index (Phi) is 8.75. The fourth-order valence-electron chi connectivity index (χ4n) is 7.46. The molecule has 0 radical (unpaired) electrons. The van der Waals surface area contributed by atoms with Gasteiger partial charge in [0.05, 0.1) is 28.1 Å². The molecule has 2 saturated carbocycles. The molecule has 3 aromatic carbocycles. The molecule has 0 spiro atoms. The van der Waals surface area contributed by atoms with Crippen molar-refractivity contribution >= 4 is 38.5 Å². The zero-order chi connectivity index (χ0) is 30.0. The fraction of sp³-hybridized carbons (Fsp3) is 0.441. The maximum Gasteiger partial charge on any atom is 0.231 e. The van der Waals surface area contributed by atoms with E-state index in [1.807, 2.05) is 56.3 Å². The second kappa shape index (κ2) is 11.8. The molecule has 1 amide bonds. The first-order valence-electron chi connectivity index (χ1n) is 14.5. The number of hydrogen-bond acceptors (Lipinski definition) is 5. The molecule has 2 aliphatic rings. The zero-order valence-corrected chi connectivity index (χ0v) is 25.5. The van der Waals surface area contributed by atoms with E-state index in [4.69, 9.17) is 0 Å². The number of rotatable bonds is 8. The van der Waals surface area contributed by atoms with Crippen LogP contribution < -0.4 is 4.90 Å². The van der Waals surface area contributed by atoms with E-state index in [2.05, 4.69) is 13.0 Å². The SMILES string of the molecule is CC.CN(C(=O)[C@H]1[C@@H](C=O)[C@]2(CCCc3ccc(S(C)(=O)=O)cc3)CC[C@@]1(C)C2)c1ccc(C#N)c2ccccc12. The molecule has 0 N–H and O–H groups in total. The van der Waals surface area contributed by atoms with E-state index in [0.29, 0.717) is 10.5 Å². The summed E-state index contributed by atoms with van der Waals surface area (Å²) in [5, 5.41) is 11.2. The Balaban J connectivity index is 0.00000189. The number of aryl methyl sites for hydroxylation is 1. The van der Waals surface area contributed by atoms with Crippen molar-refractivity contribution in [1.29, 1.82) is 5.26 Å². The molecule has 216 valence electrons. The largest absolute Gasteiger partial charge is 0.315 e. The van der Waals surface area contributed by atoms with Gasteiger partial charge in [0.1, 0.15) is 6.29 Å². The number of nitrogens with zero attached hydrogens (tertiary/aromatic N) is 2. The summed E-state index contributed by atoms with van der Waals surface area (Å²) in [5.74, 6) is -0.775. The average Bonchev–Trinajstić information content (AvgIpc) is 3.45. The number of benzene rings is 3. The summed E-state index contributed by atoms with van der Waals surface area (Å²) < 4.78 is 23.5. The van der Waals surface area contributed by atoms with Crippen LogP contribution >= 0.6 is 0 Å². The van der Waals surface area contributed by atoms with Gasteiger partial charge in [-0.05, 0) is 79.2 Å². The van der Waals surface area contributed by atoms with Crippen molar-refractivity contribution in [3.8, 4) is 6.07 Å². The standard InChI is InChI=1S/C32H34N2O4S.C2H6/c1-31-17-18-32(21-31,16-6-7-22-10-13-24(14-11-22)39(3,37)38)27(20-35)29(31)30(36)34(2)28-15-12-23(19-33)25-8-4-5-9-26(25)28;1-2/h4-5,8-15,20,27,29H,6-7,16-18,21H2,1-3H3;1-2H3/t27-,29-,31+,32-;/m1./s1. The molecule has 4 atom stereocenters. The number of sulfone groups is 1. The van der Waals surface area contributed by atoms with Crippen LogP contribution in [0.2, 0.25) is 0 Å². The van der Waals surface area contributed by atoms with Gasteiger partial charge in [-0.3, -0.25) is 4.79 Å². The van der Waals surface area contributed by atoms with Gasteiger partial charge in [0.2, 0.25) is 5.91 Å². The normalized spacial score (nSPS) is 24.8. The van der Waals surface area contributed by atoms with Gasteiger partial charge >= 0.3 is 0 Å². The molecule has 2 aliphatic carbocycles. The lowest BCUT2D eigenvalue weighted by Crippen LogP contribution is -2.45. The second-order valence-electron chi connectivity index (χ2n) is 11.8. The van der Waals surface area contributed by atoms with Crippen molar-refractivity contribution in [3.05, 3.63) is 71.8 Å². The lowest BCUT2D eigenvalue weighted by molar-refractivity contribution is -0.133. The van der Waals surface area contributed by atoms with E-state index in [1.165, 1.54) is 6.26 Å². The number of anilines is 1. The number of carbonyl (C=O) groups is 2. The summed E-state index contributed by atoms with van der Waals surface area (Å²) in [6.45, 7) is 6.16. The zero-order valence-electron chi connectivity index (χ0n) is 24.7. The molecule has 41 heavy (non-hydrogen) atoms. The average molecular weight is 573 g/mol. The first-order valence-corrected chi connectivity index (χ1v) is 16.4. The monoisotopic (exact) mass is 572 g/mol. The van der Waals surface area contributed by atoms with Crippen molar-refractivity contribution in [2.45, 2.75) is 64.2 Å². The minimum atomic E-state index is -3.23. The molecule has 0 aliphatic heterocycles. The summed E-state index contributed by atoms with van der Waals surface area (Å²) in [7, 11) is -1.45. The van der Waals surface area contributed by atoms with Crippen LogP contribution in [0.25, 0.3) is 10.8 Å². The highest BCUT2D eigenvalue weighted by molar-refractivity contribution is 7.90. The van der Waals surface area contributed by atoms with Gasteiger partial charge < -0.3 is 9.69 Å². The first kappa shape index (κ1) is 30.5. The van der Waals surface area contributed by atoms with Crippen molar-refractivity contribution in [3.63, 3.8) is 0 Å². The van der Waals surface area contributed by atoms with Crippen molar-refractivity contribution < 1.29 is 18.0 Å². The Morgan fingerprint density at radius 3 is 2.32 bits per heavy atom. The summed E-state index contributed by atoms with van der Waals surface area (Å²) in [6.07, 6.45) is 7.46. The van der Waals surface area contributed by atoms with E-state index in [-0.39, 0.29) is 22.7 Å². The molecule has 3 aromatic rings. The van der Waals surface area contributed by atoms with E-state index in [9.17, 15) is 23.3 Å². The Morgan fingerprint density at radius 2 is 1.71 bits per heavy atom. The van der Waals surface area contributed by atoms with Crippen molar-refractivity contribution in [2.75, 3.05) is 18.2 Å². The van der Waals surface area contributed by atoms with Crippen LogP contribution in [0, 0.1) is 34.0 Å². The smallest absolute Gasteiger partial charge is 0.231 e. The molecule has 0 aromatic heterocycles. The number of amides is 1. The van der Waals surface area contributed by atoms with Gasteiger partial charge in [-0.2, -0.15) is 5.26 Å². The minimum absolute atomic E-state index is 0.0394. The number of fused-ring (bicyclic) bond motifs is 3. The molecule has 2 fully saturated rings. The number of nitriles is 1. The third-order valence-electron chi connectivity index (χ3n) is 9.38. The molecule has 7 heteroatoms. The van der Waals surface area contributed by atoms with Gasteiger partial charge in [0.25, 0.3) is 0 Å². The van der Waals surface area contributed by atoms with E-state index >= 15 is 0 Å². The lowest BCUT2D eigenvalue weighted by atomic mass is 9.65. The van der Waals surface area contributed by atoms with Crippen LogP contribution in [0.5, 0.6) is 0 Å². The minimum Gasteiger partial charge on any atom is -0.315 e. The van der Waals surface area contributed by atoms with E-state index < -0.39 is 15.8 Å². The van der Waals surface area contributed by atoms with E-state index in [0.717, 1.165) is 66.8 Å². The quantitative estimate of drug-likeness (QED) is 0.278. The maximum absolute atomic E-state index is 14.1. The Morgan fingerprint density at radius 1 is 1.05 bits per heavy atom. The number of aldehydes is 1. The Bertz CT molecular complexity index is 1590. The number of carbonyl (C=O) groups excluding carboxylic acids is 2. The molecule has 0 saturated heterocycles. The van der Waals surface area contributed by atoms with Gasteiger partial charge in [0.15, 0.2) is 9.84 Å². The van der Waals surface area contributed by atoms with Crippen LogP contribution in [-0.4, -0.2) is 33.9 Å². The van der Waals surface area contributed by atoms with Gasteiger partial charge in [-0.15, -0.1) is 0 Å². The Labute approximate surface area is 244 Å². The molecular formula is C34H40N2O4S. The molecule has 5 rings (SSSR count). The lowest BCUT2D eigenvalue weighted by Gasteiger charge is -2.40. The summed E-state index contributed by atoms with van der Waals surface area (Å²) in [6, 6.07) is 20.5. The van der Waals surface area contributed by atoms with Crippen LogP contribution in [-0.2, 0) is 25.8 Å². The Hall–Kier alpha value is -3.50.